The zero-order valence-electron chi connectivity index (χ0n) is 12.3. The van der Waals surface area contributed by atoms with Crippen LogP contribution in [0.3, 0.4) is 0 Å². The van der Waals surface area contributed by atoms with Gasteiger partial charge in [0, 0.05) is 11.6 Å². The molecule has 0 saturated heterocycles. The second-order valence-electron chi connectivity index (χ2n) is 5.60. The molecule has 0 bridgehead atoms. The average Bonchev–Trinajstić information content (AvgIpc) is 2.85. The van der Waals surface area contributed by atoms with E-state index in [0.717, 1.165) is 0 Å². The van der Waals surface area contributed by atoms with E-state index < -0.39 is 5.54 Å². The molecule has 0 fully saturated rings. The number of amides is 2. The van der Waals surface area contributed by atoms with E-state index in [-0.39, 0.29) is 18.4 Å². The highest BCUT2D eigenvalue weighted by atomic mass is 32.1. The van der Waals surface area contributed by atoms with Gasteiger partial charge in [0.25, 0.3) is 0 Å². The van der Waals surface area contributed by atoms with Crippen LogP contribution in [0.1, 0.15) is 13.8 Å². The molecule has 1 aliphatic heterocycles. The highest BCUT2D eigenvalue weighted by Crippen LogP contribution is 2.36. The first kappa shape index (κ1) is 14.5. The topological polar surface area (TPSA) is 78.2 Å². The Labute approximate surface area is 131 Å². The minimum atomic E-state index is -0.982. The lowest BCUT2D eigenvalue weighted by Gasteiger charge is -2.42. The molecule has 1 aliphatic rings. The van der Waals surface area contributed by atoms with Crippen molar-refractivity contribution in [1.82, 2.24) is 4.57 Å². The number of hydrogen-bond acceptors (Lipinski definition) is 4. The first-order valence-corrected chi connectivity index (χ1v) is 7.71. The van der Waals surface area contributed by atoms with Gasteiger partial charge in [0.1, 0.15) is 12.1 Å². The van der Waals surface area contributed by atoms with E-state index in [1.165, 1.54) is 16.2 Å². The van der Waals surface area contributed by atoms with E-state index in [9.17, 15) is 9.59 Å². The van der Waals surface area contributed by atoms with E-state index >= 15 is 0 Å². The molecule has 1 aromatic heterocycles. The van der Waals surface area contributed by atoms with Gasteiger partial charge in [0.2, 0.25) is 11.8 Å². The number of nitrogens with zero attached hydrogens (tertiary/aromatic N) is 2. The van der Waals surface area contributed by atoms with Crippen molar-refractivity contribution in [2.24, 2.45) is 0 Å². The summed E-state index contributed by atoms with van der Waals surface area (Å²) in [6.07, 6.45) is 1.70. The standard InChI is InChI=1S/C15H16N4O2S/c1-15(2)13(21)17-10-5-3-4-6-11(10)19(15)12(20)9-18-7-8-22-14(18)16/h3-8,16H,9H2,1-2H3,(H,17,21). The van der Waals surface area contributed by atoms with E-state index in [4.69, 9.17) is 5.41 Å². The van der Waals surface area contributed by atoms with Crippen LogP contribution in [0.25, 0.3) is 0 Å². The Morgan fingerprint density at radius 2 is 2.09 bits per heavy atom. The molecule has 2 N–H and O–H groups in total. The SMILES string of the molecule is CC1(C)C(=O)Nc2ccccc2N1C(=O)Cn1ccsc1=N. The molecule has 0 unspecified atom stereocenters. The first-order valence-electron chi connectivity index (χ1n) is 6.83. The summed E-state index contributed by atoms with van der Waals surface area (Å²) in [6.45, 7) is 3.47. The quantitative estimate of drug-likeness (QED) is 0.886. The maximum atomic E-state index is 12.8. The average molecular weight is 316 g/mol. The third kappa shape index (κ3) is 2.23. The van der Waals surface area contributed by atoms with Crippen molar-refractivity contribution >= 4 is 34.5 Å². The van der Waals surface area contributed by atoms with Gasteiger partial charge >= 0.3 is 0 Å². The lowest BCUT2D eigenvalue weighted by Crippen LogP contribution is -2.59. The van der Waals surface area contributed by atoms with Crippen molar-refractivity contribution in [1.29, 1.82) is 5.41 Å². The van der Waals surface area contributed by atoms with Gasteiger partial charge in [-0.1, -0.05) is 12.1 Å². The molecule has 114 valence electrons. The number of hydrogen-bond donors (Lipinski definition) is 2. The number of benzene rings is 1. The molecule has 2 amide bonds. The summed E-state index contributed by atoms with van der Waals surface area (Å²) >= 11 is 1.26. The fourth-order valence-corrected chi connectivity index (χ4v) is 3.14. The normalized spacial score (nSPS) is 16.1. The third-order valence-corrected chi connectivity index (χ3v) is 4.46. The van der Waals surface area contributed by atoms with Gasteiger partial charge in [-0.3, -0.25) is 19.9 Å². The maximum Gasteiger partial charge on any atom is 0.250 e. The summed E-state index contributed by atoms with van der Waals surface area (Å²) in [5.41, 5.74) is 0.325. The Balaban J connectivity index is 2.03. The molecule has 7 heteroatoms. The zero-order valence-corrected chi connectivity index (χ0v) is 13.1. The van der Waals surface area contributed by atoms with Crippen LogP contribution in [0.15, 0.2) is 35.8 Å². The number of carbonyl (C=O) groups excluding carboxylic acids is 2. The fourth-order valence-electron chi connectivity index (χ4n) is 2.54. The zero-order chi connectivity index (χ0) is 15.9. The summed E-state index contributed by atoms with van der Waals surface area (Å²) in [5, 5.41) is 12.4. The Morgan fingerprint density at radius 3 is 2.77 bits per heavy atom. The minimum Gasteiger partial charge on any atom is -0.322 e. The molecule has 0 aliphatic carbocycles. The molecule has 0 saturated carbocycles. The number of para-hydroxylation sites is 2. The number of carbonyl (C=O) groups is 2. The van der Waals surface area contributed by atoms with Crippen LogP contribution < -0.4 is 15.0 Å². The summed E-state index contributed by atoms with van der Waals surface area (Å²) in [7, 11) is 0. The Morgan fingerprint density at radius 1 is 1.36 bits per heavy atom. The molecule has 3 rings (SSSR count). The van der Waals surface area contributed by atoms with Crippen molar-refractivity contribution in [3.8, 4) is 0 Å². The Hall–Kier alpha value is -2.41. The predicted octanol–water partition coefficient (Wildman–Crippen LogP) is 1.79. The van der Waals surface area contributed by atoms with Crippen molar-refractivity contribution < 1.29 is 9.59 Å². The van der Waals surface area contributed by atoms with Gasteiger partial charge in [0.15, 0.2) is 4.80 Å². The summed E-state index contributed by atoms with van der Waals surface area (Å²) in [4.78, 5) is 26.9. The fraction of sp³-hybridized carbons (Fsp3) is 0.267. The third-order valence-electron chi connectivity index (χ3n) is 3.74. The van der Waals surface area contributed by atoms with Gasteiger partial charge in [-0.25, -0.2) is 0 Å². The molecule has 2 heterocycles. The molecule has 2 aromatic rings. The number of fused-ring (bicyclic) bond motifs is 1. The molecule has 6 nitrogen and oxygen atoms in total. The highest BCUT2D eigenvalue weighted by molar-refractivity contribution is 7.06. The van der Waals surface area contributed by atoms with Crippen molar-refractivity contribution in [2.75, 3.05) is 10.2 Å². The number of rotatable bonds is 2. The summed E-state index contributed by atoms with van der Waals surface area (Å²) in [6, 6.07) is 7.24. The second kappa shape index (κ2) is 5.10. The van der Waals surface area contributed by atoms with E-state index in [1.807, 2.05) is 18.2 Å². The van der Waals surface area contributed by atoms with Gasteiger partial charge < -0.3 is 9.88 Å². The number of thiazole rings is 1. The molecular formula is C15H16N4O2S. The summed E-state index contributed by atoms with van der Waals surface area (Å²) < 4.78 is 1.57. The first-order chi connectivity index (χ1) is 10.4. The monoisotopic (exact) mass is 316 g/mol. The lowest BCUT2D eigenvalue weighted by atomic mass is 9.96. The largest absolute Gasteiger partial charge is 0.322 e. The molecule has 0 atom stereocenters. The van der Waals surface area contributed by atoms with Crippen LogP contribution in [0.5, 0.6) is 0 Å². The number of anilines is 2. The minimum absolute atomic E-state index is 0.0351. The van der Waals surface area contributed by atoms with Gasteiger partial charge in [-0.05, 0) is 26.0 Å². The summed E-state index contributed by atoms with van der Waals surface area (Å²) in [5.74, 6) is -0.440. The van der Waals surface area contributed by atoms with Crippen molar-refractivity contribution in [2.45, 2.75) is 25.9 Å². The van der Waals surface area contributed by atoms with E-state index in [0.29, 0.717) is 16.2 Å². The number of aromatic nitrogens is 1. The molecule has 22 heavy (non-hydrogen) atoms. The Bertz CT molecular complexity index is 806. The van der Waals surface area contributed by atoms with Crippen LogP contribution in [0.4, 0.5) is 11.4 Å². The predicted molar refractivity (Wildman–Crippen MR) is 84.8 cm³/mol. The molecule has 1 aromatic carbocycles. The smallest absolute Gasteiger partial charge is 0.250 e. The molecular weight excluding hydrogens is 300 g/mol. The second-order valence-corrected chi connectivity index (χ2v) is 6.49. The Kier molecular flexibility index (Phi) is 3.37. The van der Waals surface area contributed by atoms with E-state index in [1.54, 1.807) is 36.1 Å². The van der Waals surface area contributed by atoms with Crippen LogP contribution in [0, 0.1) is 5.41 Å². The van der Waals surface area contributed by atoms with E-state index in [2.05, 4.69) is 5.32 Å². The lowest BCUT2D eigenvalue weighted by molar-refractivity contribution is -0.126. The molecule has 0 spiro atoms. The van der Waals surface area contributed by atoms with Gasteiger partial charge in [-0.2, -0.15) is 0 Å². The van der Waals surface area contributed by atoms with Crippen LogP contribution in [0.2, 0.25) is 0 Å². The number of nitrogens with one attached hydrogen (secondary N) is 2. The van der Waals surface area contributed by atoms with Crippen molar-refractivity contribution in [3.05, 3.63) is 40.6 Å². The molecule has 0 radical (unpaired) electrons. The van der Waals surface area contributed by atoms with Crippen molar-refractivity contribution in [3.63, 3.8) is 0 Å². The van der Waals surface area contributed by atoms with Crippen LogP contribution in [-0.4, -0.2) is 21.9 Å². The maximum absolute atomic E-state index is 12.8. The van der Waals surface area contributed by atoms with Gasteiger partial charge in [0.05, 0.1) is 11.4 Å². The van der Waals surface area contributed by atoms with Crippen LogP contribution in [-0.2, 0) is 16.1 Å². The highest BCUT2D eigenvalue weighted by Gasteiger charge is 2.43. The van der Waals surface area contributed by atoms with Gasteiger partial charge in [-0.15, -0.1) is 11.3 Å². The van der Waals surface area contributed by atoms with Crippen LogP contribution >= 0.6 is 11.3 Å².